The van der Waals surface area contributed by atoms with E-state index in [0.29, 0.717) is 0 Å². The molecule has 0 aliphatic carbocycles. The molecular formula is C18H22N2. The highest BCUT2D eigenvalue weighted by molar-refractivity contribution is 5.69. The Morgan fingerprint density at radius 2 is 0.900 bits per heavy atom. The third-order valence-corrected chi connectivity index (χ3v) is 3.02. The van der Waals surface area contributed by atoms with Crippen molar-refractivity contribution < 1.29 is 0 Å². The van der Waals surface area contributed by atoms with Gasteiger partial charge in [0.25, 0.3) is 0 Å². The Balaban J connectivity index is 0.000000205. The van der Waals surface area contributed by atoms with Crippen molar-refractivity contribution in [1.82, 2.24) is 10.6 Å². The van der Waals surface area contributed by atoms with E-state index in [1.54, 1.807) is 0 Å². The van der Waals surface area contributed by atoms with Crippen LogP contribution in [0.1, 0.15) is 11.1 Å². The van der Waals surface area contributed by atoms with Gasteiger partial charge in [-0.2, -0.15) is 0 Å². The van der Waals surface area contributed by atoms with Crippen molar-refractivity contribution in [2.45, 2.75) is 0 Å². The van der Waals surface area contributed by atoms with Crippen molar-refractivity contribution in [2.75, 3.05) is 26.2 Å². The normalized spacial score (nSPS) is 14.6. The van der Waals surface area contributed by atoms with Crippen LogP contribution in [0.3, 0.4) is 0 Å². The molecule has 0 radical (unpaired) electrons. The number of piperazine rings is 1. The molecule has 2 aromatic rings. The highest BCUT2D eigenvalue weighted by atomic mass is 15.0. The molecule has 3 rings (SSSR count). The van der Waals surface area contributed by atoms with Gasteiger partial charge in [0.05, 0.1) is 0 Å². The molecule has 0 amide bonds. The highest BCUT2D eigenvalue weighted by Crippen LogP contribution is 2.06. The number of hydrogen-bond acceptors (Lipinski definition) is 2. The van der Waals surface area contributed by atoms with Crippen LogP contribution in [0.15, 0.2) is 60.7 Å². The van der Waals surface area contributed by atoms with Gasteiger partial charge in [-0.25, -0.2) is 0 Å². The molecule has 2 aromatic carbocycles. The van der Waals surface area contributed by atoms with Crippen molar-refractivity contribution in [3.8, 4) is 0 Å². The van der Waals surface area contributed by atoms with Gasteiger partial charge in [-0.3, -0.25) is 0 Å². The van der Waals surface area contributed by atoms with Crippen molar-refractivity contribution in [3.05, 3.63) is 71.8 Å². The molecule has 0 bridgehead atoms. The van der Waals surface area contributed by atoms with E-state index < -0.39 is 0 Å². The fourth-order valence-electron chi connectivity index (χ4n) is 1.92. The van der Waals surface area contributed by atoms with E-state index in [9.17, 15) is 0 Å². The summed E-state index contributed by atoms with van der Waals surface area (Å²) < 4.78 is 0. The number of hydrogen-bond donors (Lipinski definition) is 2. The van der Waals surface area contributed by atoms with Crippen LogP contribution >= 0.6 is 0 Å². The van der Waals surface area contributed by atoms with Crippen LogP contribution in [0.5, 0.6) is 0 Å². The van der Waals surface area contributed by atoms with Crippen LogP contribution in [0.2, 0.25) is 0 Å². The lowest BCUT2D eigenvalue weighted by Gasteiger charge is -2.11. The summed E-state index contributed by atoms with van der Waals surface area (Å²) in [6.45, 7) is 4.56. The Bertz CT molecular complexity index is 434. The van der Waals surface area contributed by atoms with Gasteiger partial charge in [0.2, 0.25) is 0 Å². The summed E-state index contributed by atoms with van der Waals surface area (Å²) in [5.41, 5.74) is 2.47. The molecule has 0 saturated carbocycles. The fraction of sp³-hybridized carbons (Fsp3) is 0.222. The van der Waals surface area contributed by atoms with Crippen LogP contribution < -0.4 is 10.6 Å². The second-order valence-corrected chi connectivity index (χ2v) is 4.65. The lowest BCUT2D eigenvalue weighted by atomic mass is 10.1. The molecule has 20 heavy (non-hydrogen) atoms. The zero-order valence-corrected chi connectivity index (χ0v) is 11.8. The van der Waals surface area contributed by atoms with Crippen molar-refractivity contribution in [2.24, 2.45) is 0 Å². The van der Waals surface area contributed by atoms with Crippen LogP contribution in [-0.2, 0) is 0 Å². The minimum Gasteiger partial charge on any atom is -0.314 e. The zero-order valence-electron chi connectivity index (χ0n) is 11.8. The van der Waals surface area contributed by atoms with E-state index in [1.807, 2.05) is 36.4 Å². The molecule has 1 saturated heterocycles. The van der Waals surface area contributed by atoms with Gasteiger partial charge in [-0.1, -0.05) is 72.8 Å². The van der Waals surface area contributed by atoms with E-state index in [0.717, 1.165) is 26.2 Å². The third-order valence-electron chi connectivity index (χ3n) is 3.02. The van der Waals surface area contributed by atoms with Crippen molar-refractivity contribution in [1.29, 1.82) is 0 Å². The van der Waals surface area contributed by atoms with E-state index in [1.165, 1.54) is 11.1 Å². The Morgan fingerprint density at radius 3 is 1.20 bits per heavy atom. The summed E-state index contributed by atoms with van der Waals surface area (Å²) in [6.07, 6.45) is 4.24. The molecule has 2 N–H and O–H groups in total. The van der Waals surface area contributed by atoms with Gasteiger partial charge in [0.1, 0.15) is 0 Å². The maximum absolute atomic E-state index is 3.22. The maximum Gasteiger partial charge on any atom is 0.00772 e. The van der Waals surface area contributed by atoms with Crippen LogP contribution in [0, 0.1) is 0 Å². The van der Waals surface area contributed by atoms with Crippen molar-refractivity contribution in [3.63, 3.8) is 0 Å². The molecule has 1 aliphatic heterocycles. The topological polar surface area (TPSA) is 24.1 Å². The van der Waals surface area contributed by atoms with Gasteiger partial charge >= 0.3 is 0 Å². The molecule has 0 spiro atoms. The molecule has 2 nitrogen and oxygen atoms in total. The summed E-state index contributed by atoms with van der Waals surface area (Å²) >= 11 is 0. The van der Waals surface area contributed by atoms with E-state index in [4.69, 9.17) is 0 Å². The summed E-state index contributed by atoms with van der Waals surface area (Å²) in [7, 11) is 0. The molecule has 1 aliphatic rings. The number of benzene rings is 2. The minimum absolute atomic E-state index is 1.14. The molecule has 0 atom stereocenters. The number of rotatable bonds is 2. The Morgan fingerprint density at radius 1 is 0.550 bits per heavy atom. The lowest BCUT2D eigenvalue weighted by Crippen LogP contribution is -2.39. The second-order valence-electron chi connectivity index (χ2n) is 4.65. The van der Waals surface area contributed by atoms with Crippen molar-refractivity contribution >= 4 is 12.2 Å². The highest BCUT2D eigenvalue weighted by Gasteiger charge is 1.91. The zero-order chi connectivity index (χ0) is 13.9. The first-order chi connectivity index (χ1) is 9.95. The molecule has 0 aromatic heterocycles. The SMILES string of the molecule is C(=Cc1ccccc1)c1ccccc1.C1CNCCN1. The van der Waals surface area contributed by atoms with Gasteiger partial charge in [-0.05, 0) is 11.1 Å². The minimum atomic E-state index is 1.14. The third kappa shape index (κ3) is 5.83. The van der Waals surface area contributed by atoms with Gasteiger partial charge < -0.3 is 10.6 Å². The van der Waals surface area contributed by atoms with E-state index in [-0.39, 0.29) is 0 Å². The first kappa shape index (κ1) is 14.5. The Kier molecular flexibility index (Phi) is 6.58. The van der Waals surface area contributed by atoms with E-state index in [2.05, 4.69) is 47.1 Å². The summed E-state index contributed by atoms with van der Waals surface area (Å²) in [4.78, 5) is 0. The average molecular weight is 266 g/mol. The maximum atomic E-state index is 3.22. The first-order valence-electron chi connectivity index (χ1n) is 7.15. The monoisotopic (exact) mass is 266 g/mol. The van der Waals surface area contributed by atoms with Crippen LogP contribution in [0.4, 0.5) is 0 Å². The summed E-state index contributed by atoms with van der Waals surface area (Å²) in [5.74, 6) is 0. The lowest BCUT2D eigenvalue weighted by molar-refractivity contribution is 0.534. The molecule has 1 fully saturated rings. The molecular weight excluding hydrogens is 244 g/mol. The quantitative estimate of drug-likeness (QED) is 0.816. The Labute approximate surface area is 121 Å². The smallest absolute Gasteiger partial charge is 0.00772 e. The average Bonchev–Trinajstić information content (AvgIpc) is 2.57. The second kappa shape index (κ2) is 9.08. The first-order valence-corrected chi connectivity index (χ1v) is 7.15. The predicted molar refractivity (Wildman–Crippen MR) is 87.6 cm³/mol. The largest absolute Gasteiger partial charge is 0.314 e. The van der Waals surface area contributed by atoms with Gasteiger partial charge in [-0.15, -0.1) is 0 Å². The van der Waals surface area contributed by atoms with Crippen LogP contribution in [0.25, 0.3) is 12.2 Å². The fourth-order valence-corrected chi connectivity index (χ4v) is 1.92. The molecule has 0 unspecified atom stereocenters. The molecule has 1 heterocycles. The molecule has 2 heteroatoms. The summed E-state index contributed by atoms with van der Waals surface area (Å²) in [5, 5.41) is 6.44. The predicted octanol–water partition coefficient (Wildman–Crippen LogP) is 3.04. The van der Waals surface area contributed by atoms with E-state index >= 15 is 0 Å². The standard InChI is InChI=1S/C14H12.C4H10N2/c1-3-7-13(8-4-1)11-12-14-9-5-2-6-10-14;1-2-6-4-3-5-1/h1-12H;5-6H,1-4H2. The van der Waals surface area contributed by atoms with Crippen LogP contribution in [-0.4, -0.2) is 26.2 Å². The van der Waals surface area contributed by atoms with Gasteiger partial charge in [0.15, 0.2) is 0 Å². The summed E-state index contributed by atoms with van der Waals surface area (Å²) in [6, 6.07) is 20.6. The Hall–Kier alpha value is -1.90. The molecule has 104 valence electrons. The van der Waals surface area contributed by atoms with Gasteiger partial charge in [0, 0.05) is 26.2 Å². The number of nitrogens with one attached hydrogen (secondary N) is 2.